The van der Waals surface area contributed by atoms with Crippen molar-refractivity contribution in [2.24, 2.45) is 0 Å². The Morgan fingerprint density at radius 3 is 2.47 bits per heavy atom. The van der Waals surface area contributed by atoms with E-state index in [2.05, 4.69) is 90.4 Å². The quantitative estimate of drug-likeness (QED) is 0.391. The fraction of sp³-hybridized carbons (Fsp3) is 0.107. The Morgan fingerprint density at radius 2 is 1.60 bits per heavy atom. The zero-order chi connectivity index (χ0) is 20.3. The molecular formula is C28H22N2. The summed E-state index contributed by atoms with van der Waals surface area (Å²) in [7, 11) is 0. The summed E-state index contributed by atoms with van der Waals surface area (Å²) >= 11 is 0. The van der Waals surface area contributed by atoms with Crippen molar-refractivity contribution in [1.29, 1.82) is 0 Å². The molecule has 4 aromatic rings. The van der Waals surface area contributed by atoms with Crippen LogP contribution in [0.5, 0.6) is 0 Å². The second-order valence-electron chi connectivity index (χ2n) is 7.37. The van der Waals surface area contributed by atoms with Gasteiger partial charge in [0.15, 0.2) is 0 Å². The number of hydrogen-bond donors (Lipinski definition) is 0. The average Bonchev–Trinajstić information content (AvgIpc) is 2.82. The minimum atomic E-state index is -0.0567. The van der Waals surface area contributed by atoms with Crippen LogP contribution in [0.1, 0.15) is 23.7 Å². The van der Waals surface area contributed by atoms with E-state index in [0.29, 0.717) is 0 Å². The van der Waals surface area contributed by atoms with Crippen LogP contribution in [-0.2, 0) is 0 Å². The molecule has 2 nitrogen and oxygen atoms in total. The van der Waals surface area contributed by atoms with Gasteiger partial charge in [-0.25, -0.2) is 4.98 Å². The monoisotopic (exact) mass is 386 g/mol. The summed E-state index contributed by atoms with van der Waals surface area (Å²) in [6, 6.07) is 31.2. The number of fused-ring (bicyclic) bond motifs is 2. The fourth-order valence-electron chi connectivity index (χ4n) is 4.05. The summed E-state index contributed by atoms with van der Waals surface area (Å²) in [6.07, 6.45) is 2.25. The van der Waals surface area contributed by atoms with Crippen molar-refractivity contribution in [3.8, 4) is 11.8 Å². The molecular weight excluding hydrogens is 364 g/mol. The smallest absolute Gasteiger partial charge is 0.118 e. The summed E-state index contributed by atoms with van der Waals surface area (Å²) in [5, 5.41) is 1.15. The zero-order valence-corrected chi connectivity index (χ0v) is 16.9. The third kappa shape index (κ3) is 3.36. The number of pyridine rings is 1. The van der Waals surface area contributed by atoms with Crippen molar-refractivity contribution >= 4 is 28.2 Å². The third-order valence-electron chi connectivity index (χ3n) is 5.53. The predicted octanol–water partition coefficient (Wildman–Crippen LogP) is 6.04. The van der Waals surface area contributed by atoms with E-state index in [9.17, 15) is 0 Å². The SMILES string of the molecule is CCN1c2ccccc2C=C(c2ccc3ccccc3n2)[C@@H]1C#Cc1ccccc1. The van der Waals surface area contributed by atoms with Gasteiger partial charge in [0.2, 0.25) is 0 Å². The first-order chi connectivity index (χ1) is 14.8. The van der Waals surface area contributed by atoms with Gasteiger partial charge in [-0.05, 0) is 48.9 Å². The van der Waals surface area contributed by atoms with Gasteiger partial charge in [-0.3, -0.25) is 0 Å². The number of anilines is 1. The van der Waals surface area contributed by atoms with Crippen molar-refractivity contribution in [3.05, 3.63) is 108 Å². The van der Waals surface area contributed by atoms with E-state index in [0.717, 1.165) is 34.3 Å². The number of benzene rings is 3. The van der Waals surface area contributed by atoms with Crippen LogP contribution < -0.4 is 4.90 Å². The van der Waals surface area contributed by atoms with E-state index in [1.165, 1.54) is 11.3 Å². The van der Waals surface area contributed by atoms with Gasteiger partial charge in [-0.2, -0.15) is 0 Å². The molecule has 0 saturated carbocycles. The molecule has 1 atom stereocenters. The van der Waals surface area contributed by atoms with Crippen molar-refractivity contribution in [2.45, 2.75) is 13.0 Å². The van der Waals surface area contributed by atoms with Crippen LogP contribution in [0.25, 0.3) is 22.6 Å². The topological polar surface area (TPSA) is 16.1 Å². The van der Waals surface area contributed by atoms with E-state index in [1.54, 1.807) is 0 Å². The lowest BCUT2D eigenvalue weighted by Gasteiger charge is -2.35. The fourth-order valence-corrected chi connectivity index (χ4v) is 4.05. The molecule has 0 spiro atoms. The van der Waals surface area contributed by atoms with Crippen molar-refractivity contribution in [2.75, 3.05) is 11.4 Å². The van der Waals surface area contributed by atoms with Gasteiger partial charge < -0.3 is 4.90 Å². The first kappa shape index (κ1) is 18.2. The van der Waals surface area contributed by atoms with Gasteiger partial charge in [0.25, 0.3) is 0 Å². The molecule has 0 N–H and O–H groups in total. The minimum Gasteiger partial charge on any atom is -0.353 e. The highest BCUT2D eigenvalue weighted by atomic mass is 15.2. The lowest BCUT2D eigenvalue weighted by atomic mass is 9.92. The maximum absolute atomic E-state index is 4.98. The minimum absolute atomic E-state index is 0.0567. The Balaban J connectivity index is 1.67. The molecule has 3 aromatic carbocycles. The van der Waals surface area contributed by atoms with Crippen LogP contribution in [0.3, 0.4) is 0 Å². The summed E-state index contributed by atoms with van der Waals surface area (Å²) in [5.74, 6) is 6.93. The molecule has 0 aliphatic carbocycles. The maximum atomic E-state index is 4.98. The molecule has 0 amide bonds. The van der Waals surface area contributed by atoms with Crippen molar-refractivity contribution in [3.63, 3.8) is 0 Å². The summed E-state index contributed by atoms with van der Waals surface area (Å²) in [6.45, 7) is 3.06. The van der Waals surface area contributed by atoms with Crippen LogP contribution in [0.2, 0.25) is 0 Å². The molecule has 1 aliphatic heterocycles. The highest BCUT2D eigenvalue weighted by Gasteiger charge is 2.27. The number of likely N-dealkylation sites (N-methyl/N-ethyl adjacent to an activating group) is 1. The highest BCUT2D eigenvalue weighted by Crippen LogP contribution is 2.36. The molecule has 2 heteroatoms. The zero-order valence-electron chi connectivity index (χ0n) is 16.9. The van der Waals surface area contributed by atoms with Gasteiger partial charge in [-0.1, -0.05) is 72.5 Å². The lowest BCUT2D eigenvalue weighted by Crippen LogP contribution is -2.37. The first-order valence-electron chi connectivity index (χ1n) is 10.3. The number of aromatic nitrogens is 1. The number of nitrogens with zero attached hydrogens (tertiary/aromatic N) is 2. The standard InChI is InChI=1S/C28H22N2/c1-2-30-27-15-9-7-13-23(27)20-24(28(30)19-16-21-10-4-3-5-11-21)26-18-17-22-12-6-8-14-25(22)29-26/h3-15,17-18,20,28H,2H2,1H3/t28-/m0/s1. The molecule has 1 aromatic heterocycles. The molecule has 0 saturated heterocycles. The van der Waals surface area contributed by atoms with Crippen LogP contribution in [-0.4, -0.2) is 17.6 Å². The third-order valence-corrected chi connectivity index (χ3v) is 5.53. The predicted molar refractivity (Wildman–Crippen MR) is 126 cm³/mol. The van der Waals surface area contributed by atoms with E-state index in [1.807, 2.05) is 30.3 Å². The molecule has 5 rings (SSSR count). The number of para-hydroxylation sites is 2. The molecule has 2 heterocycles. The van der Waals surface area contributed by atoms with Crippen molar-refractivity contribution in [1.82, 2.24) is 4.98 Å². The molecule has 0 radical (unpaired) electrons. The van der Waals surface area contributed by atoms with E-state index in [-0.39, 0.29) is 6.04 Å². The van der Waals surface area contributed by atoms with Gasteiger partial charge in [-0.15, -0.1) is 0 Å². The van der Waals surface area contributed by atoms with Crippen LogP contribution in [0, 0.1) is 11.8 Å². The Bertz CT molecular complexity index is 1290. The number of rotatable bonds is 2. The molecule has 0 fully saturated rings. The van der Waals surface area contributed by atoms with Gasteiger partial charge in [0.05, 0.1) is 11.2 Å². The van der Waals surface area contributed by atoms with Crippen LogP contribution in [0.4, 0.5) is 5.69 Å². The second kappa shape index (κ2) is 7.89. The van der Waals surface area contributed by atoms with E-state index >= 15 is 0 Å². The van der Waals surface area contributed by atoms with Crippen LogP contribution in [0.15, 0.2) is 91.0 Å². The Hall–Kier alpha value is -3.83. The van der Waals surface area contributed by atoms with Crippen molar-refractivity contribution < 1.29 is 0 Å². The van der Waals surface area contributed by atoms with Crippen LogP contribution >= 0.6 is 0 Å². The molecule has 0 unspecified atom stereocenters. The lowest BCUT2D eigenvalue weighted by molar-refractivity contribution is 0.830. The van der Waals surface area contributed by atoms with E-state index < -0.39 is 0 Å². The summed E-state index contributed by atoms with van der Waals surface area (Å²) < 4.78 is 0. The van der Waals surface area contributed by atoms with Gasteiger partial charge in [0.1, 0.15) is 6.04 Å². The molecule has 30 heavy (non-hydrogen) atoms. The summed E-state index contributed by atoms with van der Waals surface area (Å²) in [5.41, 5.74) is 6.59. The van der Waals surface area contributed by atoms with Gasteiger partial charge in [0, 0.05) is 28.8 Å². The molecule has 0 bridgehead atoms. The normalized spacial score (nSPS) is 15.2. The maximum Gasteiger partial charge on any atom is 0.118 e. The van der Waals surface area contributed by atoms with Gasteiger partial charge >= 0.3 is 0 Å². The largest absolute Gasteiger partial charge is 0.353 e. The highest BCUT2D eigenvalue weighted by molar-refractivity contribution is 5.95. The summed E-state index contributed by atoms with van der Waals surface area (Å²) in [4.78, 5) is 7.36. The van der Waals surface area contributed by atoms with E-state index in [4.69, 9.17) is 4.98 Å². The average molecular weight is 386 g/mol. The Labute approximate surface area is 177 Å². The Kier molecular flexibility index (Phi) is 4.79. The molecule has 1 aliphatic rings. The first-order valence-corrected chi connectivity index (χ1v) is 10.3. The Morgan fingerprint density at radius 1 is 0.833 bits per heavy atom. The second-order valence-corrected chi connectivity index (χ2v) is 7.37. The molecule has 144 valence electrons. The number of hydrogen-bond acceptors (Lipinski definition) is 2.